The Morgan fingerprint density at radius 1 is 1.03 bits per heavy atom. The van der Waals surface area contributed by atoms with Crippen molar-refractivity contribution < 1.29 is 22.8 Å². The quantitative estimate of drug-likeness (QED) is 0.703. The highest BCUT2D eigenvalue weighted by Crippen LogP contribution is 2.33. The lowest BCUT2D eigenvalue weighted by Crippen LogP contribution is -2.57. The Morgan fingerprint density at radius 3 is 2.50 bits per heavy atom. The van der Waals surface area contributed by atoms with Crippen LogP contribution >= 0.6 is 0 Å². The molecule has 0 atom stereocenters. The zero-order chi connectivity index (χ0) is 23.9. The number of nitrogens with one attached hydrogen (secondary N) is 2. The average molecular weight is 473 g/mol. The Hall–Kier alpha value is -3.07. The van der Waals surface area contributed by atoms with Gasteiger partial charge < -0.3 is 20.4 Å². The molecule has 2 N–H and O–H groups in total. The molecule has 1 saturated heterocycles. The monoisotopic (exact) mass is 472 g/mol. The van der Waals surface area contributed by atoms with Crippen molar-refractivity contribution in [3.63, 3.8) is 0 Å². The number of benzene rings is 2. The van der Waals surface area contributed by atoms with Crippen LogP contribution in [0.15, 0.2) is 42.5 Å². The lowest BCUT2D eigenvalue weighted by atomic mass is 9.78. The van der Waals surface area contributed by atoms with Gasteiger partial charge in [0.05, 0.1) is 5.56 Å². The molecule has 0 aromatic heterocycles. The minimum absolute atomic E-state index is 0.00514. The first kappa shape index (κ1) is 22.7. The minimum Gasteiger partial charge on any atom is -0.383 e. The molecule has 6 nitrogen and oxygen atoms in total. The van der Waals surface area contributed by atoms with Crippen LogP contribution in [0.4, 0.5) is 18.9 Å². The van der Waals surface area contributed by atoms with Crippen LogP contribution in [0.5, 0.6) is 0 Å². The highest BCUT2D eigenvalue weighted by atomic mass is 19.4. The molecule has 0 saturated carbocycles. The van der Waals surface area contributed by atoms with Crippen molar-refractivity contribution in [2.75, 3.05) is 38.0 Å². The van der Waals surface area contributed by atoms with Crippen molar-refractivity contribution in [2.24, 2.45) is 0 Å². The molecule has 34 heavy (non-hydrogen) atoms. The Balaban J connectivity index is 1.27. The number of hydrogen-bond donors (Lipinski definition) is 2. The second-order valence-electron chi connectivity index (χ2n) is 9.40. The third-order valence-electron chi connectivity index (χ3n) is 7.16. The summed E-state index contributed by atoms with van der Waals surface area (Å²) in [4.78, 5) is 28.5. The number of amides is 2. The molecule has 0 unspecified atom stereocenters. The van der Waals surface area contributed by atoms with Crippen LogP contribution in [0.25, 0.3) is 0 Å². The number of anilines is 1. The van der Waals surface area contributed by atoms with Gasteiger partial charge in [-0.05, 0) is 48.6 Å². The average Bonchev–Trinajstić information content (AvgIpc) is 2.96. The molecule has 3 heterocycles. The standard InChI is InChI=1S/C25H27F3N4O2/c26-25(27,28)16-32-12-9-29-21-13-17(5-6-20(21)23(32)34)22(33)31-10-7-24(8-11-31)14-18-3-1-2-4-19(18)15-30-24/h1-6,13,29-30H,7-12,14-16H2. The molecule has 0 bridgehead atoms. The summed E-state index contributed by atoms with van der Waals surface area (Å²) in [6, 6.07) is 13.0. The Morgan fingerprint density at radius 2 is 1.76 bits per heavy atom. The number of fused-ring (bicyclic) bond motifs is 2. The molecular formula is C25H27F3N4O2. The lowest BCUT2D eigenvalue weighted by molar-refractivity contribution is -0.140. The van der Waals surface area contributed by atoms with Crippen molar-refractivity contribution in [1.82, 2.24) is 15.1 Å². The van der Waals surface area contributed by atoms with Gasteiger partial charge in [-0.2, -0.15) is 13.2 Å². The number of carbonyl (C=O) groups excluding carboxylic acids is 2. The van der Waals surface area contributed by atoms with Crippen molar-refractivity contribution in [3.8, 4) is 0 Å². The maximum atomic E-state index is 13.2. The number of piperidine rings is 1. The molecule has 1 spiro atoms. The van der Waals surface area contributed by atoms with E-state index in [1.165, 1.54) is 23.3 Å². The first-order valence-electron chi connectivity index (χ1n) is 11.6. The number of rotatable bonds is 2. The van der Waals surface area contributed by atoms with Crippen molar-refractivity contribution >= 4 is 17.5 Å². The fraction of sp³-hybridized carbons (Fsp3) is 0.440. The highest BCUT2D eigenvalue weighted by molar-refractivity contribution is 6.03. The second kappa shape index (κ2) is 8.61. The van der Waals surface area contributed by atoms with Crippen molar-refractivity contribution in [2.45, 2.75) is 37.5 Å². The summed E-state index contributed by atoms with van der Waals surface area (Å²) in [5.74, 6) is -0.806. The summed E-state index contributed by atoms with van der Waals surface area (Å²) in [6.45, 7) is 0.918. The van der Waals surface area contributed by atoms with E-state index in [1.54, 1.807) is 6.07 Å². The SMILES string of the molecule is O=C(c1ccc2c(c1)NCCN(CC(F)(F)F)C2=O)N1CCC2(CC1)Cc1ccccc1CN2. The molecule has 2 aromatic carbocycles. The lowest BCUT2D eigenvalue weighted by Gasteiger charge is -2.45. The van der Waals surface area contributed by atoms with E-state index < -0.39 is 18.6 Å². The second-order valence-corrected chi connectivity index (χ2v) is 9.40. The number of halogens is 3. The molecule has 2 aromatic rings. The molecule has 5 rings (SSSR count). The largest absolute Gasteiger partial charge is 0.406 e. The van der Waals surface area contributed by atoms with Crippen LogP contribution in [0.2, 0.25) is 0 Å². The van der Waals surface area contributed by atoms with Gasteiger partial charge in [0, 0.05) is 49.5 Å². The smallest absolute Gasteiger partial charge is 0.383 e. The van der Waals surface area contributed by atoms with E-state index in [0.717, 1.165) is 30.7 Å². The number of likely N-dealkylation sites (tertiary alicyclic amines) is 1. The molecule has 2 amide bonds. The summed E-state index contributed by atoms with van der Waals surface area (Å²) in [5, 5.41) is 6.71. The number of carbonyl (C=O) groups is 2. The molecule has 0 aliphatic carbocycles. The van der Waals surface area contributed by atoms with Gasteiger partial charge >= 0.3 is 6.18 Å². The number of hydrogen-bond acceptors (Lipinski definition) is 4. The topological polar surface area (TPSA) is 64.7 Å². The third-order valence-corrected chi connectivity index (χ3v) is 7.16. The first-order chi connectivity index (χ1) is 16.2. The van der Waals surface area contributed by atoms with Crippen molar-refractivity contribution in [3.05, 3.63) is 64.7 Å². The zero-order valence-electron chi connectivity index (χ0n) is 18.8. The van der Waals surface area contributed by atoms with Crippen LogP contribution in [0.1, 0.15) is 44.7 Å². The Labute approximate surface area is 196 Å². The summed E-state index contributed by atoms with van der Waals surface area (Å²) in [7, 11) is 0. The third kappa shape index (κ3) is 4.49. The number of alkyl halides is 3. The van der Waals surface area contributed by atoms with Crippen LogP contribution in [-0.2, 0) is 13.0 Å². The van der Waals surface area contributed by atoms with Gasteiger partial charge in [0.25, 0.3) is 11.8 Å². The summed E-state index contributed by atoms with van der Waals surface area (Å²) in [6.07, 6.45) is -1.82. The van der Waals surface area contributed by atoms with Gasteiger partial charge in [0.1, 0.15) is 6.54 Å². The van der Waals surface area contributed by atoms with E-state index in [4.69, 9.17) is 0 Å². The van der Waals surface area contributed by atoms with Gasteiger partial charge in [-0.3, -0.25) is 9.59 Å². The molecule has 3 aliphatic rings. The van der Waals surface area contributed by atoms with Crippen molar-refractivity contribution in [1.29, 1.82) is 0 Å². The van der Waals surface area contributed by atoms with E-state index >= 15 is 0 Å². The predicted molar refractivity (Wildman–Crippen MR) is 122 cm³/mol. The summed E-state index contributed by atoms with van der Waals surface area (Å²) in [5.41, 5.74) is 3.67. The molecular weight excluding hydrogens is 445 g/mol. The van der Waals surface area contributed by atoms with E-state index in [1.807, 2.05) is 4.90 Å². The van der Waals surface area contributed by atoms with Gasteiger partial charge in [0.15, 0.2) is 0 Å². The van der Waals surface area contributed by atoms with Gasteiger partial charge in [-0.25, -0.2) is 0 Å². The molecule has 0 radical (unpaired) electrons. The van der Waals surface area contributed by atoms with Gasteiger partial charge in [-0.15, -0.1) is 0 Å². The minimum atomic E-state index is -4.46. The van der Waals surface area contributed by atoms with Gasteiger partial charge in [0.2, 0.25) is 0 Å². The van der Waals surface area contributed by atoms with Crippen LogP contribution < -0.4 is 10.6 Å². The van der Waals surface area contributed by atoms with E-state index in [2.05, 4.69) is 34.9 Å². The van der Waals surface area contributed by atoms with E-state index in [-0.39, 0.29) is 30.1 Å². The first-order valence-corrected chi connectivity index (χ1v) is 11.6. The fourth-order valence-corrected chi connectivity index (χ4v) is 5.26. The molecule has 180 valence electrons. The van der Waals surface area contributed by atoms with Gasteiger partial charge in [-0.1, -0.05) is 24.3 Å². The Bertz CT molecular complexity index is 1110. The summed E-state index contributed by atoms with van der Waals surface area (Å²) >= 11 is 0. The van der Waals surface area contributed by atoms with E-state index in [0.29, 0.717) is 24.3 Å². The molecule has 1 fully saturated rings. The van der Waals surface area contributed by atoms with Crippen LogP contribution in [-0.4, -0.2) is 66.1 Å². The predicted octanol–water partition coefficient (Wildman–Crippen LogP) is 3.44. The normalized spacial score (nSPS) is 19.8. The van der Waals surface area contributed by atoms with Crippen LogP contribution in [0.3, 0.4) is 0 Å². The molecule has 9 heteroatoms. The van der Waals surface area contributed by atoms with E-state index in [9.17, 15) is 22.8 Å². The maximum absolute atomic E-state index is 13.2. The number of nitrogens with zero attached hydrogens (tertiary/aromatic N) is 2. The fourth-order valence-electron chi connectivity index (χ4n) is 5.26. The highest BCUT2D eigenvalue weighted by Gasteiger charge is 2.39. The summed E-state index contributed by atoms with van der Waals surface area (Å²) < 4.78 is 38.5. The van der Waals surface area contributed by atoms with Crippen LogP contribution in [0, 0.1) is 0 Å². The molecule has 3 aliphatic heterocycles. The maximum Gasteiger partial charge on any atom is 0.406 e. The Kier molecular flexibility index (Phi) is 5.75. The zero-order valence-corrected chi connectivity index (χ0v) is 18.8.